The van der Waals surface area contributed by atoms with Gasteiger partial charge in [0, 0.05) is 79.8 Å². The minimum atomic E-state index is -0.0104. The normalized spacial score (nSPS) is 23.4. The van der Waals surface area contributed by atoms with Gasteiger partial charge in [-0.25, -0.2) is 0 Å². The molecule has 8 aliphatic rings. The van der Waals surface area contributed by atoms with E-state index in [1.54, 1.807) is 0 Å². The summed E-state index contributed by atoms with van der Waals surface area (Å²) in [4.78, 5) is 18.4. The summed E-state index contributed by atoms with van der Waals surface area (Å²) in [5, 5.41) is 0. The second kappa shape index (κ2) is 24.0. The van der Waals surface area contributed by atoms with Crippen molar-refractivity contribution in [2.45, 2.75) is 118 Å². The van der Waals surface area contributed by atoms with Crippen molar-refractivity contribution >= 4 is 48.4 Å². The van der Waals surface area contributed by atoms with Crippen molar-refractivity contribution in [1.82, 2.24) is 0 Å². The second-order valence-electron chi connectivity index (χ2n) is 24.0. The number of allylic oxidation sites excluding steroid dienone is 30. The first-order valence-corrected chi connectivity index (χ1v) is 26.4. The molecule has 1 unspecified atom stereocenters. The molecular formula is C69H86N4. The molecule has 0 spiro atoms. The van der Waals surface area contributed by atoms with Gasteiger partial charge in [-0.1, -0.05) is 288 Å². The maximum absolute atomic E-state index is 4.68. The van der Waals surface area contributed by atoms with Crippen LogP contribution in [0.5, 0.6) is 0 Å². The van der Waals surface area contributed by atoms with Crippen molar-refractivity contribution < 1.29 is 0 Å². The van der Waals surface area contributed by atoms with E-state index in [0.717, 1.165) is 33.9 Å². The summed E-state index contributed by atoms with van der Waals surface area (Å²) in [6.07, 6.45) is 69.1. The topological polar surface area (TPSA) is 49.4 Å². The fourth-order valence-electron chi connectivity index (χ4n) is 7.79. The number of fused-ring (bicyclic) bond motifs is 3. The highest BCUT2D eigenvalue weighted by Gasteiger charge is 2.21. The molecule has 382 valence electrons. The van der Waals surface area contributed by atoms with Crippen LogP contribution in [0.3, 0.4) is 0 Å². The third-order valence-corrected chi connectivity index (χ3v) is 12.8. The number of nitrogens with zero attached hydrogens (tertiary/aromatic N) is 4. The van der Waals surface area contributed by atoms with Gasteiger partial charge in [-0.05, 0) is 34.4 Å². The summed E-state index contributed by atoms with van der Waals surface area (Å²) in [5.41, 5.74) is 11.8. The lowest BCUT2D eigenvalue weighted by Gasteiger charge is -2.14. The summed E-state index contributed by atoms with van der Waals surface area (Å²) >= 11 is 0. The van der Waals surface area contributed by atoms with Gasteiger partial charge in [0.25, 0.3) is 0 Å². The zero-order valence-corrected chi connectivity index (χ0v) is 47.5. The molecule has 0 N–H and O–H groups in total. The van der Waals surface area contributed by atoms with Gasteiger partial charge in [0.1, 0.15) is 0 Å². The van der Waals surface area contributed by atoms with E-state index < -0.39 is 0 Å². The van der Waals surface area contributed by atoms with E-state index in [4.69, 9.17) is 0 Å². The molecule has 1 aromatic carbocycles. The highest BCUT2D eigenvalue weighted by Crippen LogP contribution is 2.41. The Morgan fingerprint density at radius 1 is 0.342 bits per heavy atom. The minimum absolute atomic E-state index is 0.00234. The van der Waals surface area contributed by atoms with Crippen molar-refractivity contribution in [1.29, 1.82) is 0 Å². The molecule has 4 nitrogen and oxygen atoms in total. The lowest BCUT2D eigenvalue weighted by Crippen LogP contribution is -2.08. The summed E-state index contributed by atoms with van der Waals surface area (Å²) in [6.45, 7) is 36.8. The molecule has 1 atom stereocenters. The first-order chi connectivity index (χ1) is 34.2. The van der Waals surface area contributed by atoms with Crippen LogP contribution < -0.4 is 0 Å². The lowest BCUT2D eigenvalue weighted by molar-refractivity contribution is 0.624. The Morgan fingerprint density at radius 2 is 0.671 bits per heavy atom. The van der Waals surface area contributed by atoms with Gasteiger partial charge in [-0.15, -0.1) is 0 Å². The summed E-state index contributed by atoms with van der Waals surface area (Å²) in [6, 6.07) is 4.25. The van der Waals surface area contributed by atoms with Crippen LogP contribution in [0.15, 0.2) is 224 Å². The first kappa shape index (κ1) is 57.4. The fourth-order valence-corrected chi connectivity index (χ4v) is 7.79. The van der Waals surface area contributed by atoms with E-state index in [-0.39, 0.29) is 37.9 Å². The zero-order chi connectivity index (χ0) is 53.7. The van der Waals surface area contributed by atoms with Crippen LogP contribution in [0.1, 0.15) is 129 Å². The molecule has 1 aromatic rings. The third-order valence-electron chi connectivity index (χ3n) is 12.8. The maximum Gasteiger partial charge on any atom is 0.0960 e. The summed E-state index contributed by atoms with van der Waals surface area (Å²) in [7, 11) is 0. The molecule has 0 amide bonds. The summed E-state index contributed by atoms with van der Waals surface area (Å²) in [5.74, 6) is 0.366. The number of rotatable bonds is 2. The molecular weight excluding hydrogens is 885 g/mol. The molecule has 4 aliphatic carbocycles. The molecule has 9 rings (SSSR count). The number of hydrogen-bond donors (Lipinski definition) is 0. The highest BCUT2D eigenvalue weighted by atomic mass is 14.9. The Kier molecular flexibility index (Phi) is 18.9. The van der Waals surface area contributed by atoms with Crippen LogP contribution in [0.4, 0.5) is 11.4 Å². The van der Waals surface area contributed by atoms with Gasteiger partial charge >= 0.3 is 0 Å². The Hall–Kier alpha value is -6.52. The number of benzene rings is 1. The molecule has 0 fully saturated rings. The molecule has 4 heteroatoms. The molecule has 73 heavy (non-hydrogen) atoms. The van der Waals surface area contributed by atoms with Gasteiger partial charge < -0.3 is 0 Å². The molecule has 4 aliphatic heterocycles. The zero-order valence-electron chi connectivity index (χ0n) is 47.5. The third kappa shape index (κ3) is 18.2. The SMILES string of the molecule is CC.CC1(C)C=CC2=C(C=C1)C=CC(C)(C)C=C2.CC1(C)C=CC=C(C2=CC=CC(C)(C)C=C2)C=C1.CC1(C)C=CC=C(C2=CC=CC(C)(C)C=N2)N=C1.CC1C=Cc2ccc3c(c2N=C1)N=CC(C)(C)C=C3. The van der Waals surface area contributed by atoms with Crippen LogP contribution >= 0.6 is 0 Å². The predicted molar refractivity (Wildman–Crippen MR) is 326 cm³/mol. The van der Waals surface area contributed by atoms with Crippen molar-refractivity contribution in [3.05, 3.63) is 215 Å². The average molecular weight is 971 g/mol. The van der Waals surface area contributed by atoms with Crippen LogP contribution in [-0.2, 0) is 0 Å². The van der Waals surface area contributed by atoms with E-state index in [1.165, 1.54) is 22.3 Å². The summed E-state index contributed by atoms with van der Waals surface area (Å²) < 4.78 is 0. The first-order valence-electron chi connectivity index (χ1n) is 26.4. The number of hydrogen-bond acceptors (Lipinski definition) is 4. The molecule has 4 heterocycles. The van der Waals surface area contributed by atoms with Gasteiger partial charge in [-0.3, -0.25) is 20.0 Å². The van der Waals surface area contributed by atoms with Crippen LogP contribution in [0, 0.1) is 43.8 Å². The fraction of sp³-hybridized carbons (Fsp3) is 0.362. The Balaban J connectivity index is 0.000000179. The van der Waals surface area contributed by atoms with Crippen molar-refractivity contribution in [3.8, 4) is 0 Å². The molecule has 0 saturated heterocycles. The molecule has 0 radical (unpaired) electrons. The van der Waals surface area contributed by atoms with E-state index in [2.05, 4.69) is 294 Å². The lowest BCUT2D eigenvalue weighted by atomic mass is 9.91. The van der Waals surface area contributed by atoms with Gasteiger partial charge in [0.15, 0.2) is 0 Å². The van der Waals surface area contributed by atoms with E-state index in [0.29, 0.717) is 5.92 Å². The minimum Gasteiger partial charge on any atom is -0.258 e. The van der Waals surface area contributed by atoms with Gasteiger partial charge in [0.2, 0.25) is 0 Å². The van der Waals surface area contributed by atoms with Crippen molar-refractivity contribution in [2.75, 3.05) is 0 Å². The Labute approximate surface area is 442 Å². The van der Waals surface area contributed by atoms with Crippen molar-refractivity contribution in [3.63, 3.8) is 0 Å². The average Bonchev–Trinajstić information content (AvgIpc) is 3.96. The monoisotopic (exact) mass is 971 g/mol. The van der Waals surface area contributed by atoms with Gasteiger partial charge in [-0.2, -0.15) is 0 Å². The van der Waals surface area contributed by atoms with E-state index >= 15 is 0 Å². The van der Waals surface area contributed by atoms with Crippen LogP contribution in [0.25, 0.3) is 12.2 Å². The standard InChI is InChI=1S/C18H22.C17H18N2.C16H20N2.C16H20.C2H6/c1-17(2)11-5-7-15(9-13-17)16-8-6-12-18(3,4)14-10-16;1-12-4-5-13-6-7-14-8-9-17(2,3)11-19-16(14)15(13)18-10-12;1-15(2)9-5-7-13(17-11-15)14-8-6-10-16(3,4)12-18-14;1-15(2)9-5-13-7-11-16(3,4)12-8-14(13)6-10-15;1-2/h5-14H,1-4H3;4-12H,1-3H3;5-12H,1-4H3;5-12H,1-4H3;1-2H3. The largest absolute Gasteiger partial charge is 0.258 e. The molecule has 0 saturated carbocycles. The molecule has 0 aromatic heterocycles. The van der Waals surface area contributed by atoms with E-state index in [1.807, 2.05) is 50.9 Å². The quantitative estimate of drug-likeness (QED) is 0.284. The smallest absolute Gasteiger partial charge is 0.0960 e. The Bertz CT molecular complexity index is 2590. The van der Waals surface area contributed by atoms with E-state index in [9.17, 15) is 0 Å². The van der Waals surface area contributed by atoms with Gasteiger partial charge in [0.05, 0.1) is 22.8 Å². The predicted octanol–water partition coefficient (Wildman–Crippen LogP) is 19.7. The number of aliphatic imine (C=N–C) groups is 4. The van der Waals surface area contributed by atoms with Crippen LogP contribution in [0.2, 0.25) is 0 Å². The highest BCUT2D eigenvalue weighted by molar-refractivity contribution is 5.91. The maximum atomic E-state index is 4.68. The second-order valence-corrected chi connectivity index (χ2v) is 24.0. The van der Waals surface area contributed by atoms with Crippen molar-refractivity contribution in [2.24, 2.45) is 63.8 Å². The molecule has 0 bridgehead atoms. The Morgan fingerprint density at radius 3 is 1.12 bits per heavy atom. The van der Waals surface area contributed by atoms with Crippen LogP contribution in [-0.4, -0.2) is 24.9 Å².